The fourth-order valence-electron chi connectivity index (χ4n) is 1.04. The van der Waals surface area contributed by atoms with Crippen LogP contribution in [0, 0.1) is 12.7 Å². The summed E-state index contributed by atoms with van der Waals surface area (Å²) in [5.74, 6) is 1.02. The van der Waals surface area contributed by atoms with E-state index >= 15 is 0 Å². The molecule has 0 aliphatic rings. The lowest BCUT2D eigenvalue weighted by atomic mass is 10.1. The zero-order valence-corrected chi connectivity index (χ0v) is 9.16. The normalized spacial score (nSPS) is 10.2. The number of halogens is 1. The molecule has 0 radical (unpaired) electrons. The van der Waals surface area contributed by atoms with Gasteiger partial charge in [-0.2, -0.15) is 11.8 Å². The highest BCUT2D eigenvalue weighted by molar-refractivity contribution is 7.99. The lowest BCUT2D eigenvalue weighted by Gasteiger charge is -2.01. The summed E-state index contributed by atoms with van der Waals surface area (Å²) in [7, 11) is 0. The number of carbonyl (C=O) groups is 1. The molecule has 0 saturated heterocycles. The average molecular weight is 212 g/mol. The van der Waals surface area contributed by atoms with Crippen molar-refractivity contribution in [2.24, 2.45) is 0 Å². The van der Waals surface area contributed by atoms with Gasteiger partial charge in [-0.05, 0) is 24.3 Å². The van der Waals surface area contributed by atoms with Crippen molar-refractivity contribution in [3.8, 4) is 0 Å². The SMILES string of the molecule is CCSCC(=O)c1ccc(C)c(F)c1. The van der Waals surface area contributed by atoms with Crippen LogP contribution < -0.4 is 0 Å². The minimum absolute atomic E-state index is 0.00394. The molecule has 0 aliphatic heterocycles. The van der Waals surface area contributed by atoms with Crippen LogP contribution in [0.1, 0.15) is 22.8 Å². The molecule has 0 spiro atoms. The molecule has 0 atom stereocenters. The van der Waals surface area contributed by atoms with Crippen molar-refractivity contribution >= 4 is 17.5 Å². The van der Waals surface area contributed by atoms with E-state index in [0.29, 0.717) is 16.9 Å². The van der Waals surface area contributed by atoms with Gasteiger partial charge in [0.15, 0.2) is 5.78 Å². The highest BCUT2D eigenvalue weighted by Gasteiger charge is 2.07. The van der Waals surface area contributed by atoms with Crippen LogP contribution >= 0.6 is 11.8 Å². The molecule has 0 N–H and O–H groups in total. The summed E-state index contributed by atoms with van der Waals surface area (Å²) >= 11 is 1.55. The summed E-state index contributed by atoms with van der Waals surface area (Å²) in [4.78, 5) is 11.5. The highest BCUT2D eigenvalue weighted by atomic mass is 32.2. The van der Waals surface area contributed by atoms with Crippen molar-refractivity contribution in [1.82, 2.24) is 0 Å². The van der Waals surface area contributed by atoms with E-state index in [2.05, 4.69) is 0 Å². The zero-order chi connectivity index (χ0) is 10.6. The van der Waals surface area contributed by atoms with E-state index in [1.54, 1.807) is 30.8 Å². The van der Waals surface area contributed by atoms with E-state index < -0.39 is 0 Å². The van der Waals surface area contributed by atoms with Gasteiger partial charge in [0.2, 0.25) is 0 Å². The molecule has 1 nitrogen and oxygen atoms in total. The number of thioether (sulfide) groups is 1. The standard InChI is InChI=1S/C11H13FOS/c1-3-14-7-11(13)9-5-4-8(2)10(12)6-9/h4-6H,3,7H2,1-2H3. The Bertz CT molecular complexity index is 336. The Morgan fingerprint density at radius 1 is 1.50 bits per heavy atom. The molecule has 1 aromatic carbocycles. The number of ketones is 1. The van der Waals surface area contributed by atoms with E-state index in [1.807, 2.05) is 6.92 Å². The molecule has 0 heterocycles. The Morgan fingerprint density at radius 3 is 2.79 bits per heavy atom. The fraction of sp³-hybridized carbons (Fsp3) is 0.364. The van der Waals surface area contributed by atoms with E-state index in [4.69, 9.17) is 0 Å². The molecule has 0 bridgehead atoms. The zero-order valence-electron chi connectivity index (χ0n) is 8.34. The Labute approximate surface area is 87.7 Å². The molecule has 0 amide bonds. The molecule has 3 heteroatoms. The first-order chi connectivity index (χ1) is 6.65. The molecule has 1 aromatic rings. The van der Waals surface area contributed by atoms with Gasteiger partial charge in [-0.1, -0.05) is 19.1 Å². The van der Waals surface area contributed by atoms with Crippen molar-refractivity contribution in [2.45, 2.75) is 13.8 Å². The monoisotopic (exact) mass is 212 g/mol. The van der Waals surface area contributed by atoms with E-state index in [-0.39, 0.29) is 11.6 Å². The number of carbonyl (C=O) groups excluding carboxylic acids is 1. The van der Waals surface area contributed by atoms with Crippen LogP contribution in [-0.2, 0) is 0 Å². The Kier molecular flexibility index (Phi) is 4.14. The van der Waals surface area contributed by atoms with Gasteiger partial charge in [-0.15, -0.1) is 0 Å². The van der Waals surface area contributed by atoms with Gasteiger partial charge in [0.05, 0.1) is 5.75 Å². The van der Waals surface area contributed by atoms with E-state index in [9.17, 15) is 9.18 Å². The molecule has 76 valence electrons. The highest BCUT2D eigenvalue weighted by Crippen LogP contribution is 2.12. The molecule has 0 aliphatic carbocycles. The Balaban J connectivity index is 2.76. The first-order valence-electron chi connectivity index (χ1n) is 4.52. The summed E-state index contributed by atoms with van der Waals surface area (Å²) in [5, 5.41) is 0. The molecule has 0 fully saturated rings. The molecular weight excluding hydrogens is 199 g/mol. The van der Waals surface area contributed by atoms with Crippen LogP contribution in [0.5, 0.6) is 0 Å². The maximum absolute atomic E-state index is 13.1. The maximum Gasteiger partial charge on any atom is 0.172 e. The Morgan fingerprint density at radius 2 is 2.21 bits per heavy atom. The van der Waals surface area contributed by atoms with Crippen LogP contribution in [0.15, 0.2) is 18.2 Å². The summed E-state index contributed by atoms with van der Waals surface area (Å²) in [6.45, 7) is 3.68. The summed E-state index contributed by atoms with van der Waals surface area (Å²) in [6, 6.07) is 4.63. The largest absolute Gasteiger partial charge is 0.293 e. The maximum atomic E-state index is 13.1. The van der Waals surface area contributed by atoms with Crippen LogP contribution in [-0.4, -0.2) is 17.3 Å². The van der Waals surface area contributed by atoms with Crippen LogP contribution in [0.2, 0.25) is 0 Å². The third-order valence-corrected chi connectivity index (χ3v) is 2.81. The third kappa shape index (κ3) is 2.84. The summed E-state index contributed by atoms with van der Waals surface area (Å²) < 4.78 is 13.1. The summed E-state index contributed by atoms with van der Waals surface area (Å²) in [6.07, 6.45) is 0. The van der Waals surface area contributed by atoms with Gasteiger partial charge in [-0.25, -0.2) is 4.39 Å². The minimum atomic E-state index is -0.308. The quantitative estimate of drug-likeness (QED) is 0.713. The Hall–Kier alpha value is -0.830. The van der Waals surface area contributed by atoms with Crippen molar-refractivity contribution in [2.75, 3.05) is 11.5 Å². The van der Waals surface area contributed by atoms with E-state index in [1.165, 1.54) is 6.07 Å². The number of aryl methyl sites for hydroxylation is 1. The molecular formula is C11H13FOS. The molecule has 0 aromatic heterocycles. The van der Waals surface area contributed by atoms with Crippen LogP contribution in [0.4, 0.5) is 4.39 Å². The van der Waals surface area contributed by atoms with E-state index in [0.717, 1.165) is 5.75 Å². The van der Waals surface area contributed by atoms with Crippen LogP contribution in [0.3, 0.4) is 0 Å². The van der Waals surface area contributed by atoms with Gasteiger partial charge >= 0.3 is 0 Å². The van der Waals surface area contributed by atoms with Crippen molar-refractivity contribution < 1.29 is 9.18 Å². The second kappa shape index (κ2) is 5.15. The number of rotatable bonds is 4. The van der Waals surface area contributed by atoms with Crippen LogP contribution in [0.25, 0.3) is 0 Å². The molecule has 0 saturated carbocycles. The number of hydrogen-bond acceptors (Lipinski definition) is 2. The van der Waals surface area contributed by atoms with Crippen molar-refractivity contribution in [1.29, 1.82) is 0 Å². The molecule has 14 heavy (non-hydrogen) atoms. The number of Topliss-reactive ketones (excluding diaryl/α,β-unsaturated/α-hetero) is 1. The number of hydrogen-bond donors (Lipinski definition) is 0. The van der Waals surface area contributed by atoms with Gasteiger partial charge in [0.25, 0.3) is 0 Å². The van der Waals surface area contributed by atoms with Gasteiger partial charge in [0, 0.05) is 5.56 Å². The predicted octanol–water partition coefficient (Wildman–Crippen LogP) is 3.07. The second-order valence-corrected chi connectivity index (χ2v) is 4.30. The second-order valence-electron chi connectivity index (χ2n) is 3.02. The van der Waals surface area contributed by atoms with Crippen molar-refractivity contribution in [3.63, 3.8) is 0 Å². The van der Waals surface area contributed by atoms with Gasteiger partial charge in [0.1, 0.15) is 5.82 Å². The molecule has 1 rings (SSSR count). The first-order valence-corrected chi connectivity index (χ1v) is 5.67. The topological polar surface area (TPSA) is 17.1 Å². The minimum Gasteiger partial charge on any atom is -0.293 e. The third-order valence-electron chi connectivity index (χ3n) is 1.93. The lowest BCUT2D eigenvalue weighted by molar-refractivity contribution is 0.102. The lowest BCUT2D eigenvalue weighted by Crippen LogP contribution is -2.03. The van der Waals surface area contributed by atoms with Gasteiger partial charge < -0.3 is 0 Å². The van der Waals surface area contributed by atoms with Crippen molar-refractivity contribution in [3.05, 3.63) is 35.1 Å². The fourth-order valence-corrected chi connectivity index (χ4v) is 1.60. The number of benzene rings is 1. The molecule has 0 unspecified atom stereocenters. The smallest absolute Gasteiger partial charge is 0.172 e. The van der Waals surface area contributed by atoms with Gasteiger partial charge in [-0.3, -0.25) is 4.79 Å². The summed E-state index contributed by atoms with van der Waals surface area (Å²) in [5.41, 5.74) is 1.04. The predicted molar refractivity (Wildman–Crippen MR) is 58.5 cm³/mol. The first kappa shape index (κ1) is 11.2. The average Bonchev–Trinajstić information content (AvgIpc) is 2.18.